The van der Waals surface area contributed by atoms with Crippen LogP contribution in [0.25, 0.3) is 0 Å². The minimum atomic E-state index is -0.715. The van der Waals surface area contributed by atoms with Crippen molar-refractivity contribution in [2.45, 2.75) is 32.7 Å². The van der Waals surface area contributed by atoms with Gasteiger partial charge in [-0.15, -0.1) is 0 Å². The maximum Gasteiger partial charge on any atom is 0.330 e. The summed E-state index contributed by atoms with van der Waals surface area (Å²) in [6.07, 6.45) is 1.63. The molecule has 0 unspecified atom stereocenters. The molecule has 0 aliphatic carbocycles. The van der Waals surface area contributed by atoms with Crippen molar-refractivity contribution in [1.29, 1.82) is 0 Å². The summed E-state index contributed by atoms with van der Waals surface area (Å²) in [7, 11) is 3.28. The van der Waals surface area contributed by atoms with Crippen LogP contribution in [0.4, 0.5) is 43.0 Å². The van der Waals surface area contributed by atoms with Gasteiger partial charge in [-0.2, -0.15) is 4.98 Å². The first kappa shape index (κ1) is 23.0. The first-order valence-electron chi connectivity index (χ1n) is 10.5. The maximum atomic E-state index is 14.5. The molecule has 4 rings (SSSR count). The van der Waals surface area contributed by atoms with Gasteiger partial charge in [-0.25, -0.2) is 19.0 Å². The molecule has 4 amide bonds. The van der Waals surface area contributed by atoms with Gasteiger partial charge in [-0.3, -0.25) is 15.1 Å². The monoisotopic (exact) mass is 468 g/mol. The third-order valence-electron chi connectivity index (χ3n) is 5.25. The Labute approximate surface area is 195 Å². The molecule has 0 saturated heterocycles. The molecule has 3 N–H and O–H groups in total. The van der Waals surface area contributed by atoms with Crippen LogP contribution in [-0.4, -0.2) is 41.3 Å². The third-order valence-corrected chi connectivity index (χ3v) is 5.25. The average Bonchev–Trinajstić information content (AvgIpc) is 3.26. The number of hydrogen-bond donors (Lipinski definition) is 3. The van der Waals surface area contributed by atoms with Gasteiger partial charge in [0, 0.05) is 43.0 Å². The van der Waals surface area contributed by atoms with E-state index in [9.17, 15) is 14.0 Å². The van der Waals surface area contributed by atoms with E-state index in [1.807, 2.05) is 20.8 Å². The van der Waals surface area contributed by atoms with Crippen LogP contribution in [0.15, 0.2) is 35.0 Å². The van der Waals surface area contributed by atoms with Crippen LogP contribution in [0.3, 0.4) is 0 Å². The Morgan fingerprint density at radius 1 is 1.21 bits per heavy atom. The van der Waals surface area contributed by atoms with Crippen LogP contribution in [0.5, 0.6) is 0 Å². The lowest BCUT2D eigenvalue weighted by Gasteiger charge is -2.34. The molecule has 0 bridgehead atoms. The van der Waals surface area contributed by atoms with Crippen molar-refractivity contribution in [3.05, 3.63) is 47.5 Å². The molecular formula is C22H25FN8O3. The Morgan fingerprint density at radius 3 is 2.65 bits per heavy atom. The predicted octanol–water partition coefficient (Wildman–Crippen LogP) is 4.16. The highest BCUT2D eigenvalue weighted by molar-refractivity contribution is 6.06. The lowest BCUT2D eigenvalue weighted by atomic mass is 9.92. The second-order valence-corrected chi connectivity index (χ2v) is 8.79. The van der Waals surface area contributed by atoms with Gasteiger partial charge in [0.25, 0.3) is 0 Å². The van der Waals surface area contributed by atoms with E-state index in [4.69, 9.17) is 4.52 Å². The van der Waals surface area contributed by atoms with Gasteiger partial charge >= 0.3 is 12.1 Å². The Bertz CT molecular complexity index is 1250. The molecule has 34 heavy (non-hydrogen) atoms. The number of carbonyl (C=O) groups excluding carboxylic acids is 2. The van der Waals surface area contributed by atoms with Gasteiger partial charge in [0.15, 0.2) is 0 Å². The molecule has 12 heteroatoms. The summed E-state index contributed by atoms with van der Waals surface area (Å²) in [4.78, 5) is 36.8. The van der Waals surface area contributed by atoms with Crippen molar-refractivity contribution in [3.8, 4) is 0 Å². The summed E-state index contributed by atoms with van der Waals surface area (Å²) in [6, 6.07) is 4.56. The minimum absolute atomic E-state index is 0.103. The number of hydrogen-bond acceptors (Lipinski definition) is 7. The Morgan fingerprint density at radius 2 is 1.97 bits per heavy atom. The van der Waals surface area contributed by atoms with E-state index in [2.05, 4.69) is 31.1 Å². The second kappa shape index (κ2) is 8.61. The number of aromatic nitrogens is 3. The number of urea groups is 2. The first-order valence-corrected chi connectivity index (χ1v) is 10.5. The number of nitrogens with zero attached hydrogens (tertiary/aromatic N) is 5. The molecular weight excluding hydrogens is 443 g/mol. The summed E-state index contributed by atoms with van der Waals surface area (Å²) >= 11 is 0. The standard InChI is InChI=1S/C22H25FN8O3/c1-22(2,3)16-9-17(34-29-16)27-20(32)26-15-8-13(6-7-14(15)23)31-11-12-10-25-19(24-4)28-18(12)30(5)21(31)33/h6-10H,11H2,1-5H3,(H,24,25,28)(H2,26,27,32). The highest BCUT2D eigenvalue weighted by atomic mass is 19.1. The van der Waals surface area contributed by atoms with Gasteiger partial charge in [0.1, 0.15) is 11.6 Å². The van der Waals surface area contributed by atoms with Crippen molar-refractivity contribution < 1.29 is 18.5 Å². The third kappa shape index (κ3) is 4.47. The molecule has 1 aliphatic heterocycles. The molecule has 1 aliphatic rings. The van der Waals surface area contributed by atoms with Gasteiger partial charge < -0.3 is 15.2 Å². The topological polar surface area (TPSA) is 129 Å². The van der Waals surface area contributed by atoms with Crippen molar-refractivity contribution in [2.75, 3.05) is 39.8 Å². The fourth-order valence-corrected chi connectivity index (χ4v) is 3.36. The predicted molar refractivity (Wildman–Crippen MR) is 126 cm³/mol. The number of amides is 4. The van der Waals surface area contributed by atoms with Crippen molar-refractivity contribution in [2.24, 2.45) is 0 Å². The van der Waals surface area contributed by atoms with E-state index < -0.39 is 11.8 Å². The van der Waals surface area contributed by atoms with Crippen LogP contribution in [-0.2, 0) is 12.0 Å². The van der Waals surface area contributed by atoms with Crippen molar-refractivity contribution >= 4 is 41.1 Å². The summed E-state index contributed by atoms with van der Waals surface area (Å²) in [6.45, 7) is 6.06. The van der Waals surface area contributed by atoms with E-state index in [-0.39, 0.29) is 29.6 Å². The van der Waals surface area contributed by atoms with E-state index in [0.717, 1.165) is 5.56 Å². The van der Waals surface area contributed by atoms with Crippen molar-refractivity contribution in [1.82, 2.24) is 15.1 Å². The lowest BCUT2D eigenvalue weighted by Crippen LogP contribution is -2.46. The van der Waals surface area contributed by atoms with Crippen LogP contribution in [0, 0.1) is 5.82 Å². The number of anilines is 5. The number of fused-ring (bicyclic) bond motifs is 1. The minimum Gasteiger partial charge on any atom is -0.357 e. The zero-order valence-corrected chi connectivity index (χ0v) is 19.4. The summed E-state index contributed by atoms with van der Waals surface area (Å²) in [5.41, 5.74) is 1.42. The smallest absolute Gasteiger partial charge is 0.330 e. The fourth-order valence-electron chi connectivity index (χ4n) is 3.36. The highest BCUT2D eigenvalue weighted by Gasteiger charge is 2.31. The number of nitrogens with one attached hydrogen (secondary N) is 3. The first-order chi connectivity index (χ1) is 16.1. The highest BCUT2D eigenvalue weighted by Crippen LogP contribution is 2.32. The zero-order chi connectivity index (χ0) is 24.6. The Balaban J connectivity index is 1.53. The molecule has 0 saturated carbocycles. The van der Waals surface area contributed by atoms with E-state index in [1.165, 1.54) is 28.0 Å². The number of carbonyl (C=O) groups is 2. The molecule has 3 heterocycles. The molecule has 178 valence electrons. The van der Waals surface area contributed by atoms with Gasteiger partial charge in [0.05, 0.1) is 17.9 Å². The van der Waals surface area contributed by atoms with Crippen LogP contribution < -0.4 is 25.8 Å². The van der Waals surface area contributed by atoms with Crippen LogP contribution in [0.1, 0.15) is 32.0 Å². The Hall–Kier alpha value is -4.22. The second-order valence-electron chi connectivity index (χ2n) is 8.79. The quantitative estimate of drug-likeness (QED) is 0.524. The largest absolute Gasteiger partial charge is 0.357 e. The average molecular weight is 468 g/mol. The maximum absolute atomic E-state index is 14.5. The number of benzene rings is 1. The van der Waals surface area contributed by atoms with E-state index in [0.29, 0.717) is 23.1 Å². The fraction of sp³-hybridized carbons (Fsp3) is 0.318. The molecule has 1 aromatic carbocycles. The molecule has 2 aromatic heterocycles. The normalized spacial score (nSPS) is 13.5. The summed E-state index contributed by atoms with van der Waals surface area (Å²) < 4.78 is 19.6. The van der Waals surface area contributed by atoms with Gasteiger partial charge in [0.2, 0.25) is 11.8 Å². The van der Waals surface area contributed by atoms with Gasteiger partial charge in [-0.05, 0) is 18.2 Å². The van der Waals surface area contributed by atoms with E-state index in [1.54, 1.807) is 26.4 Å². The van der Waals surface area contributed by atoms with Crippen LogP contribution >= 0.6 is 0 Å². The SMILES string of the molecule is CNc1ncc2c(n1)N(C)C(=O)N(c1ccc(F)c(NC(=O)Nc3cc(C(C)(C)C)no3)c1)C2. The summed E-state index contributed by atoms with van der Waals surface area (Å²) in [5.74, 6) is 0.353. The number of halogens is 1. The van der Waals surface area contributed by atoms with Gasteiger partial charge in [-0.1, -0.05) is 25.9 Å². The zero-order valence-electron chi connectivity index (χ0n) is 19.4. The lowest BCUT2D eigenvalue weighted by molar-refractivity contribution is 0.251. The summed E-state index contributed by atoms with van der Waals surface area (Å²) in [5, 5.41) is 11.7. The molecule has 0 fully saturated rings. The van der Waals surface area contributed by atoms with Crippen LogP contribution in [0.2, 0.25) is 0 Å². The molecule has 0 spiro atoms. The van der Waals surface area contributed by atoms with E-state index >= 15 is 0 Å². The molecule has 11 nitrogen and oxygen atoms in total. The Kier molecular flexibility index (Phi) is 5.82. The van der Waals surface area contributed by atoms with Crippen molar-refractivity contribution in [3.63, 3.8) is 0 Å². The number of rotatable bonds is 4. The molecule has 0 atom stereocenters. The molecule has 3 aromatic rings. The molecule has 0 radical (unpaired) electrons.